The Bertz CT molecular complexity index is 601. The maximum absolute atomic E-state index is 12.1. The first-order valence-electron chi connectivity index (χ1n) is 5.92. The Kier molecular flexibility index (Phi) is 3.41. The summed E-state index contributed by atoms with van der Waals surface area (Å²) in [5, 5.41) is 18.1. The molecule has 0 atom stereocenters. The van der Waals surface area contributed by atoms with Crippen molar-refractivity contribution in [3.8, 4) is 0 Å². The van der Waals surface area contributed by atoms with Gasteiger partial charge in [0, 0.05) is 12.7 Å². The minimum Gasteiger partial charge on any atom is -0.477 e. The fourth-order valence-electron chi connectivity index (χ4n) is 1.86. The number of carboxylic acid groups (broad SMARTS) is 1. The number of carboxylic acids is 1. The van der Waals surface area contributed by atoms with Crippen LogP contribution in [0.5, 0.6) is 0 Å². The molecule has 1 saturated carbocycles. The predicted molar refractivity (Wildman–Crippen MR) is 66.4 cm³/mol. The van der Waals surface area contributed by atoms with Crippen molar-refractivity contribution >= 4 is 16.0 Å². The molecule has 0 aliphatic heterocycles. The second-order valence-electron chi connectivity index (χ2n) is 4.70. The molecule has 0 bridgehead atoms. The summed E-state index contributed by atoms with van der Waals surface area (Å²) in [7, 11) is -3.81. The van der Waals surface area contributed by atoms with Gasteiger partial charge < -0.3 is 14.8 Å². The molecule has 7 nitrogen and oxygen atoms in total. The molecule has 0 amide bonds. The highest BCUT2D eigenvalue weighted by Crippen LogP contribution is 2.36. The van der Waals surface area contributed by atoms with Crippen molar-refractivity contribution in [2.45, 2.75) is 36.7 Å². The summed E-state index contributed by atoms with van der Waals surface area (Å²) in [5.74, 6) is -1.17. The van der Waals surface area contributed by atoms with E-state index >= 15 is 0 Å². The van der Waals surface area contributed by atoms with Crippen LogP contribution >= 0.6 is 0 Å². The third-order valence-electron chi connectivity index (χ3n) is 3.25. The summed E-state index contributed by atoms with van der Waals surface area (Å²) in [5.41, 5.74) is -0.840. The quantitative estimate of drug-likeness (QED) is 0.683. The Morgan fingerprint density at radius 3 is 2.53 bits per heavy atom. The van der Waals surface area contributed by atoms with Crippen LogP contribution in [0.1, 0.15) is 30.3 Å². The Hall–Kier alpha value is -1.38. The van der Waals surface area contributed by atoms with Crippen LogP contribution in [0.25, 0.3) is 0 Å². The molecule has 1 aliphatic carbocycles. The van der Waals surface area contributed by atoms with Crippen molar-refractivity contribution in [2.24, 2.45) is 0 Å². The second kappa shape index (κ2) is 4.62. The molecule has 1 aromatic heterocycles. The highest BCUT2D eigenvalue weighted by Gasteiger charge is 2.45. The second-order valence-corrected chi connectivity index (χ2v) is 6.38. The fraction of sp³-hybridized carbons (Fsp3) is 0.545. The zero-order valence-electron chi connectivity index (χ0n) is 10.5. The molecule has 1 aliphatic rings. The molecule has 0 radical (unpaired) electrons. The summed E-state index contributed by atoms with van der Waals surface area (Å²) in [6.07, 6.45) is 2.46. The largest absolute Gasteiger partial charge is 0.477 e. The van der Waals surface area contributed by atoms with Crippen LogP contribution in [0, 0.1) is 0 Å². The third kappa shape index (κ3) is 2.65. The maximum atomic E-state index is 12.1. The van der Waals surface area contributed by atoms with Crippen LogP contribution in [0.2, 0.25) is 0 Å². The van der Waals surface area contributed by atoms with Gasteiger partial charge in [0.15, 0.2) is 0 Å². The van der Waals surface area contributed by atoms with Crippen LogP contribution < -0.4 is 4.72 Å². The number of hydrogen-bond acceptors (Lipinski definition) is 4. The summed E-state index contributed by atoms with van der Waals surface area (Å²) < 4.78 is 28.0. The number of rotatable bonds is 6. The SMILES string of the molecule is CCn1cc(S(=O)(=O)NC2(CO)CC2)cc1C(=O)O. The first kappa shape index (κ1) is 14.0. The average Bonchev–Trinajstić information content (AvgIpc) is 2.95. The van der Waals surface area contributed by atoms with E-state index in [0.717, 1.165) is 6.07 Å². The van der Waals surface area contributed by atoms with Gasteiger partial charge in [0.25, 0.3) is 0 Å². The van der Waals surface area contributed by atoms with Crippen molar-refractivity contribution in [1.82, 2.24) is 9.29 Å². The zero-order valence-corrected chi connectivity index (χ0v) is 11.3. The first-order chi connectivity index (χ1) is 8.83. The van der Waals surface area contributed by atoms with E-state index in [1.807, 2.05) is 0 Å². The molecule has 0 aromatic carbocycles. The molecule has 8 heteroatoms. The number of nitrogens with zero attached hydrogens (tertiary/aromatic N) is 1. The molecule has 3 N–H and O–H groups in total. The number of hydrogen-bond donors (Lipinski definition) is 3. The van der Waals surface area contributed by atoms with Gasteiger partial charge >= 0.3 is 5.97 Å². The lowest BCUT2D eigenvalue weighted by Gasteiger charge is -2.13. The van der Waals surface area contributed by atoms with Crippen molar-refractivity contribution in [1.29, 1.82) is 0 Å². The molecule has 0 saturated heterocycles. The van der Waals surface area contributed by atoms with E-state index in [9.17, 15) is 13.2 Å². The Balaban J connectivity index is 2.33. The van der Waals surface area contributed by atoms with Crippen LogP contribution in [0.3, 0.4) is 0 Å². The van der Waals surface area contributed by atoms with E-state index in [4.69, 9.17) is 10.2 Å². The van der Waals surface area contributed by atoms with Gasteiger partial charge in [-0.2, -0.15) is 0 Å². The normalized spacial score (nSPS) is 17.4. The third-order valence-corrected chi connectivity index (χ3v) is 4.79. The van der Waals surface area contributed by atoms with E-state index in [-0.39, 0.29) is 17.2 Å². The fourth-order valence-corrected chi connectivity index (χ4v) is 3.35. The Labute approximate surface area is 110 Å². The molecule has 19 heavy (non-hydrogen) atoms. The Morgan fingerprint density at radius 2 is 2.16 bits per heavy atom. The summed E-state index contributed by atoms with van der Waals surface area (Å²) in [6, 6.07) is 1.13. The van der Waals surface area contributed by atoms with E-state index < -0.39 is 21.5 Å². The van der Waals surface area contributed by atoms with Crippen molar-refractivity contribution < 1.29 is 23.4 Å². The molecular weight excluding hydrogens is 272 g/mol. The lowest BCUT2D eigenvalue weighted by molar-refractivity contribution is 0.0685. The average molecular weight is 288 g/mol. The van der Waals surface area contributed by atoms with Crippen LogP contribution in [-0.4, -0.2) is 41.3 Å². The number of carbonyl (C=O) groups is 1. The van der Waals surface area contributed by atoms with E-state index in [1.54, 1.807) is 6.92 Å². The van der Waals surface area contributed by atoms with Crippen LogP contribution in [0.4, 0.5) is 0 Å². The minimum absolute atomic E-state index is 0.0725. The number of aliphatic hydroxyl groups is 1. The molecule has 1 aromatic rings. The Morgan fingerprint density at radius 1 is 1.53 bits per heavy atom. The van der Waals surface area contributed by atoms with Gasteiger partial charge in [0.1, 0.15) is 10.6 Å². The maximum Gasteiger partial charge on any atom is 0.352 e. The number of nitrogens with one attached hydrogen (secondary N) is 1. The molecular formula is C11H16N2O5S. The van der Waals surface area contributed by atoms with Crippen molar-refractivity contribution in [2.75, 3.05) is 6.61 Å². The number of aromatic carboxylic acids is 1. The standard InChI is InChI=1S/C11H16N2O5S/c1-2-13-6-8(5-9(13)10(15)16)19(17,18)12-11(7-14)3-4-11/h5-6,12,14H,2-4,7H2,1H3,(H,15,16). The highest BCUT2D eigenvalue weighted by atomic mass is 32.2. The molecule has 1 fully saturated rings. The van der Waals surface area contributed by atoms with Gasteiger partial charge in [-0.1, -0.05) is 0 Å². The molecule has 106 valence electrons. The van der Waals surface area contributed by atoms with Gasteiger partial charge in [-0.3, -0.25) is 0 Å². The summed E-state index contributed by atoms with van der Waals surface area (Å²) in [4.78, 5) is 10.9. The summed E-state index contributed by atoms with van der Waals surface area (Å²) in [6.45, 7) is 1.83. The van der Waals surface area contributed by atoms with Gasteiger partial charge in [-0.05, 0) is 25.8 Å². The number of aryl methyl sites for hydroxylation is 1. The van der Waals surface area contributed by atoms with E-state index in [0.29, 0.717) is 19.4 Å². The van der Waals surface area contributed by atoms with E-state index in [1.165, 1.54) is 10.8 Å². The van der Waals surface area contributed by atoms with Crippen LogP contribution in [0.15, 0.2) is 17.2 Å². The van der Waals surface area contributed by atoms with Crippen molar-refractivity contribution in [3.05, 3.63) is 18.0 Å². The number of aromatic nitrogens is 1. The molecule has 0 unspecified atom stereocenters. The van der Waals surface area contributed by atoms with E-state index in [2.05, 4.69) is 4.72 Å². The highest BCUT2D eigenvalue weighted by molar-refractivity contribution is 7.89. The first-order valence-corrected chi connectivity index (χ1v) is 7.40. The number of aliphatic hydroxyl groups excluding tert-OH is 1. The van der Waals surface area contributed by atoms with Crippen LogP contribution in [-0.2, 0) is 16.6 Å². The lowest BCUT2D eigenvalue weighted by Crippen LogP contribution is -2.39. The smallest absolute Gasteiger partial charge is 0.352 e. The van der Waals surface area contributed by atoms with Gasteiger partial charge in [-0.15, -0.1) is 0 Å². The van der Waals surface area contributed by atoms with Gasteiger partial charge in [0.05, 0.1) is 12.1 Å². The van der Waals surface area contributed by atoms with Gasteiger partial charge in [0.2, 0.25) is 10.0 Å². The van der Waals surface area contributed by atoms with Gasteiger partial charge in [-0.25, -0.2) is 17.9 Å². The topological polar surface area (TPSA) is 109 Å². The summed E-state index contributed by atoms with van der Waals surface area (Å²) >= 11 is 0. The minimum atomic E-state index is -3.81. The monoisotopic (exact) mass is 288 g/mol. The lowest BCUT2D eigenvalue weighted by atomic mass is 10.3. The van der Waals surface area contributed by atoms with Crippen molar-refractivity contribution in [3.63, 3.8) is 0 Å². The zero-order chi connectivity index (χ0) is 14.3. The molecule has 1 heterocycles. The molecule has 2 rings (SSSR count). The molecule has 0 spiro atoms. The number of sulfonamides is 1. The predicted octanol–water partition coefficient (Wildman–Crippen LogP) is 0.00940.